The van der Waals surface area contributed by atoms with Gasteiger partial charge in [0.15, 0.2) is 0 Å². The first-order chi connectivity index (χ1) is 13.7. The highest BCUT2D eigenvalue weighted by atomic mass is 35.5. The van der Waals surface area contributed by atoms with Gasteiger partial charge >= 0.3 is 0 Å². The van der Waals surface area contributed by atoms with E-state index in [2.05, 4.69) is 5.32 Å². The zero-order valence-corrected chi connectivity index (χ0v) is 17.3. The van der Waals surface area contributed by atoms with Crippen molar-refractivity contribution in [3.05, 3.63) is 68.6 Å². The third kappa shape index (κ3) is 5.04. The summed E-state index contributed by atoms with van der Waals surface area (Å²) >= 11 is 5.83. The van der Waals surface area contributed by atoms with Crippen molar-refractivity contribution in [3.63, 3.8) is 0 Å². The van der Waals surface area contributed by atoms with Gasteiger partial charge < -0.3 is 14.8 Å². The number of hydrogen-bond acceptors (Lipinski definition) is 5. The topological polar surface area (TPSA) is 106 Å². The molecule has 8 nitrogen and oxygen atoms in total. The molecule has 2 heterocycles. The molecule has 0 aliphatic carbocycles. The highest BCUT2D eigenvalue weighted by molar-refractivity contribution is 7.90. The molecule has 0 unspecified atom stereocenters. The molecule has 0 bridgehead atoms. The summed E-state index contributed by atoms with van der Waals surface area (Å²) in [6.45, 7) is 0.698. The van der Waals surface area contributed by atoms with Crippen molar-refractivity contribution < 1.29 is 18.0 Å². The van der Waals surface area contributed by atoms with Crippen LogP contribution in [0.2, 0.25) is 5.02 Å². The number of benzene rings is 1. The lowest BCUT2D eigenvalue weighted by Gasteiger charge is -2.29. The van der Waals surface area contributed by atoms with Crippen molar-refractivity contribution >= 4 is 33.3 Å². The van der Waals surface area contributed by atoms with Gasteiger partial charge in [0.1, 0.15) is 21.1 Å². The lowest BCUT2D eigenvalue weighted by atomic mass is 10.1. The van der Waals surface area contributed by atoms with Crippen LogP contribution in [0.15, 0.2) is 41.2 Å². The van der Waals surface area contributed by atoms with Crippen molar-refractivity contribution in [2.75, 3.05) is 25.1 Å². The van der Waals surface area contributed by atoms with Crippen LogP contribution in [0, 0.1) is 0 Å². The molecule has 0 spiro atoms. The summed E-state index contributed by atoms with van der Waals surface area (Å²) in [4.78, 5) is 39.1. The second-order valence-electron chi connectivity index (χ2n) is 6.82. The molecule has 3 rings (SSSR count). The van der Waals surface area contributed by atoms with E-state index in [0.29, 0.717) is 5.02 Å². The molecule has 0 saturated heterocycles. The maximum atomic E-state index is 12.7. The smallest absolute Gasteiger partial charge is 0.270 e. The van der Waals surface area contributed by atoms with E-state index in [1.54, 1.807) is 24.3 Å². The molecule has 10 heteroatoms. The van der Waals surface area contributed by atoms with Crippen LogP contribution in [0.5, 0.6) is 0 Å². The highest BCUT2D eigenvalue weighted by Gasteiger charge is 2.27. The van der Waals surface area contributed by atoms with Gasteiger partial charge in [-0.25, -0.2) is 8.42 Å². The van der Waals surface area contributed by atoms with Gasteiger partial charge in [0, 0.05) is 37.5 Å². The molecule has 1 aromatic carbocycles. The predicted octanol–water partition coefficient (Wildman–Crippen LogP) is 0.932. The Morgan fingerprint density at radius 1 is 1.10 bits per heavy atom. The summed E-state index contributed by atoms with van der Waals surface area (Å²) in [5, 5.41) is 3.27. The second kappa shape index (κ2) is 8.38. The Hall–Kier alpha value is -2.65. The van der Waals surface area contributed by atoms with Crippen molar-refractivity contribution in [2.45, 2.75) is 13.1 Å². The fourth-order valence-corrected chi connectivity index (χ4v) is 3.69. The molecule has 0 saturated carbocycles. The van der Waals surface area contributed by atoms with E-state index in [9.17, 15) is 22.8 Å². The van der Waals surface area contributed by atoms with E-state index < -0.39 is 27.2 Å². The number of rotatable bonds is 6. The van der Waals surface area contributed by atoms with Gasteiger partial charge in [0.05, 0.1) is 5.75 Å². The summed E-state index contributed by atoms with van der Waals surface area (Å²) in [6.07, 6.45) is 1.11. The van der Waals surface area contributed by atoms with E-state index in [0.717, 1.165) is 11.8 Å². The zero-order valence-electron chi connectivity index (χ0n) is 15.7. The summed E-state index contributed by atoms with van der Waals surface area (Å²) in [7, 11) is -3.20. The Morgan fingerprint density at radius 2 is 1.79 bits per heavy atom. The van der Waals surface area contributed by atoms with E-state index in [1.165, 1.54) is 21.6 Å². The van der Waals surface area contributed by atoms with Crippen LogP contribution >= 0.6 is 11.6 Å². The third-order valence-corrected chi connectivity index (χ3v) is 5.79. The molecule has 154 valence electrons. The van der Waals surface area contributed by atoms with Gasteiger partial charge in [-0.3, -0.25) is 14.4 Å². The molecule has 0 atom stereocenters. The minimum atomic E-state index is -3.20. The molecule has 0 fully saturated rings. The SMILES string of the molecule is CS(=O)(=O)CCN1CCn2c(ccc(C(=O)NCc3ccc(Cl)cc3)c2=O)C1=O. The van der Waals surface area contributed by atoms with E-state index >= 15 is 0 Å². The Labute approximate surface area is 173 Å². The largest absolute Gasteiger partial charge is 0.348 e. The number of amides is 2. The summed E-state index contributed by atoms with van der Waals surface area (Å²) in [5.74, 6) is -1.11. The molecule has 1 aromatic heterocycles. The quantitative estimate of drug-likeness (QED) is 0.723. The molecule has 2 amide bonds. The molecule has 1 aliphatic rings. The van der Waals surface area contributed by atoms with Gasteiger partial charge in [-0.05, 0) is 29.8 Å². The predicted molar refractivity (Wildman–Crippen MR) is 109 cm³/mol. The molecule has 1 aliphatic heterocycles. The zero-order chi connectivity index (χ0) is 21.2. The summed E-state index contributed by atoms with van der Waals surface area (Å²) < 4.78 is 23.9. The standard InChI is InChI=1S/C19H20ClN3O5S/c1-29(27,28)11-10-22-8-9-23-16(19(22)26)7-6-15(18(23)25)17(24)21-12-13-2-4-14(20)5-3-13/h2-7H,8-12H2,1H3,(H,21,24). The highest BCUT2D eigenvalue weighted by Crippen LogP contribution is 2.12. The van der Waals surface area contributed by atoms with Crippen LogP contribution in [0.1, 0.15) is 26.4 Å². The normalized spacial score (nSPS) is 13.9. The minimum Gasteiger partial charge on any atom is -0.348 e. The van der Waals surface area contributed by atoms with E-state index in [-0.39, 0.29) is 43.2 Å². The lowest BCUT2D eigenvalue weighted by Crippen LogP contribution is -2.47. The number of aromatic nitrogens is 1. The van der Waals surface area contributed by atoms with Gasteiger partial charge in [0.25, 0.3) is 17.4 Å². The average molecular weight is 438 g/mol. The maximum absolute atomic E-state index is 12.7. The van der Waals surface area contributed by atoms with Crippen molar-refractivity contribution in [1.29, 1.82) is 0 Å². The first-order valence-electron chi connectivity index (χ1n) is 8.89. The van der Waals surface area contributed by atoms with Crippen LogP contribution in [-0.2, 0) is 22.9 Å². The number of carbonyl (C=O) groups is 2. The maximum Gasteiger partial charge on any atom is 0.270 e. The lowest BCUT2D eigenvalue weighted by molar-refractivity contribution is 0.0710. The number of carbonyl (C=O) groups excluding carboxylic acids is 2. The number of nitrogens with zero attached hydrogens (tertiary/aromatic N) is 2. The molecule has 2 aromatic rings. The fourth-order valence-electron chi connectivity index (χ4n) is 3.01. The van der Waals surface area contributed by atoms with E-state index in [1.807, 2.05) is 0 Å². The first kappa shape index (κ1) is 21.1. The molecule has 1 N–H and O–H groups in total. The molecule has 29 heavy (non-hydrogen) atoms. The van der Waals surface area contributed by atoms with Crippen molar-refractivity contribution in [2.24, 2.45) is 0 Å². The van der Waals surface area contributed by atoms with Gasteiger partial charge in [-0.1, -0.05) is 23.7 Å². The minimum absolute atomic E-state index is 0.0555. The summed E-state index contributed by atoms with van der Waals surface area (Å²) in [6, 6.07) is 9.70. The Bertz CT molecular complexity index is 1110. The Balaban J connectivity index is 1.74. The van der Waals surface area contributed by atoms with Crippen LogP contribution in [-0.4, -0.2) is 54.8 Å². The van der Waals surface area contributed by atoms with Crippen LogP contribution in [0.25, 0.3) is 0 Å². The van der Waals surface area contributed by atoms with Gasteiger partial charge in [0.2, 0.25) is 0 Å². The van der Waals surface area contributed by atoms with Crippen LogP contribution < -0.4 is 10.9 Å². The average Bonchev–Trinajstić information content (AvgIpc) is 2.66. The van der Waals surface area contributed by atoms with Crippen LogP contribution in [0.4, 0.5) is 0 Å². The summed E-state index contributed by atoms with van der Waals surface area (Å²) in [5.41, 5.74) is 0.369. The number of hydrogen-bond donors (Lipinski definition) is 1. The van der Waals surface area contributed by atoms with Gasteiger partial charge in [-0.15, -0.1) is 0 Å². The third-order valence-electron chi connectivity index (χ3n) is 4.62. The number of pyridine rings is 1. The molecular weight excluding hydrogens is 418 g/mol. The first-order valence-corrected chi connectivity index (χ1v) is 11.3. The molecular formula is C19H20ClN3O5S. The van der Waals surface area contributed by atoms with Gasteiger partial charge in [-0.2, -0.15) is 0 Å². The van der Waals surface area contributed by atoms with E-state index in [4.69, 9.17) is 11.6 Å². The monoisotopic (exact) mass is 437 g/mol. The fraction of sp³-hybridized carbons (Fsp3) is 0.316. The van der Waals surface area contributed by atoms with Crippen molar-refractivity contribution in [1.82, 2.24) is 14.8 Å². The Kier molecular flexibility index (Phi) is 6.09. The Morgan fingerprint density at radius 3 is 2.45 bits per heavy atom. The van der Waals surface area contributed by atoms with Crippen LogP contribution in [0.3, 0.4) is 0 Å². The second-order valence-corrected chi connectivity index (χ2v) is 9.52. The molecule has 0 radical (unpaired) electrons. The number of fused-ring (bicyclic) bond motifs is 1. The number of nitrogens with one attached hydrogen (secondary N) is 1. The van der Waals surface area contributed by atoms with Crippen molar-refractivity contribution in [3.8, 4) is 0 Å². The number of sulfone groups is 1. The number of halogens is 1.